The van der Waals surface area contributed by atoms with E-state index in [1.165, 1.54) is 4.90 Å². The highest BCUT2D eigenvalue weighted by Gasteiger charge is 2.72. The normalized spacial score (nSPS) is 28.4. The Hall–Kier alpha value is -4.24. The maximum Gasteiger partial charge on any atom is 0.253 e. The number of nitrogens with zero attached hydrogens (tertiary/aromatic N) is 3. The number of fused-ring (bicyclic) bond motifs is 2. The molecule has 1 unspecified atom stereocenters. The maximum atomic E-state index is 14.8. The summed E-state index contributed by atoms with van der Waals surface area (Å²) in [6, 6.07) is 23.9. The van der Waals surface area contributed by atoms with Crippen LogP contribution in [0.4, 0.5) is 5.69 Å². The molecule has 4 aliphatic heterocycles. The van der Waals surface area contributed by atoms with E-state index in [0.29, 0.717) is 29.4 Å². The Labute approximate surface area is 260 Å². The van der Waals surface area contributed by atoms with Gasteiger partial charge in [0.1, 0.15) is 11.6 Å². The van der Waals surface area contributed by atoms with E-state index in [9.17, 15) is 19.5 Å². The predicted octanol–water partition coefficient (Wildman–Crippen LogP) is 4.16. The molecule has 1 spiro atoms. The number of aliphatic hydroxyl groups excluding tert-OH is 1. The van der Waals surface area contributed by atoms with Crippen LogP contribution in [0.1, 0.15) is 17.2 Å². The first-order chi connectivity index (χ1) is 21.4. The predicted molar refractivity (Wildman–Crippen MR) is 165 cm³/mol. The summed E-state index contributed by atoms with van der Waals surface area (Å²) in [5.41, 5.74) is 0.729. The molecule has 6 atom stereocenters. The first kappa shape index (κ1) is 28.5. The molecule has 224 valence electrons. The third-order valence-electron chi connectivity index (χ3n) is 9.23. The number of benzene rings is 3. The molecule has 9 heteroatoms. The molecule has 0 aliphatic carbocycles. The molecule has 4 aliphatic rings. The lowest BCUT2D eigenvalue weighted by molar-refractivity contribution is -0.147. The zero-order chi connectivity index (χ0) is 30.4. The lowest BCUT2D eigenvalue weighted by atomic mass is 9.77. The number of aliphatic hydroxyl groups is 1. The molecule has 3 aromatic carbocycles. The average molecular weight is 610 g/mol. The van der Waals surface area contributed by atoms with E-state index < -0.39 is 48.1 Å². The molecule has 0 aromatic heterocycles. The Morgan fingerprint density at radius 1 is 0.864 bits per heavy atom. The van der Waals surface area contributed by atoms with Crippen molar-refractivity contribution in [2.75, 3.05) is 24.6 Å². The SMILES string of the molecule is O=C1[C@@H]2[C@H](C=CCN1Cc1ccccc1)O[C@]13C=CCN(c4ccccc4Cl)C(=O)C1N([C@H](CO)c1ccccc1)C(=O)[C@H]23. The van der Waals surface area contributed by atoms with Crippen LogP contribution in [0.15, 0.2) is 109 Å². The summed E-state index contributed by atoms with van der Waals surface area (Å²) in [7, 11) is 0. The van der Waals surface area contributed by atoms with Crippen LogP contribution in [0.25, 0.3) is 0 Å². The van der Waals surface area contributed by atoms with Crippen molar-refractivity contribution in [3.05, 3.63) is 125 Å². The minimum atomic E-state index is -1.43. The molecule has 8 nitrogen and oxygen atoms in total. The summed E-state index contributed by atoms with van der Waals surface area (Å²) in [6.07, 6.45) is 6.67. The molecule has 2 saturated heterocycles. The molecule has 3 aromatic rings. The minimum Gasteiger partial charge on any atom is -0.394 e. The molecule has 4 heterocycles. The number of anilines is 1. The first-order valence-corrected chi connectivity index (χ1v) is 15.2. The van der Waals surface area contributed by atoms with E-state index in [1.54, 1.807) is 40.1 Å². The van der Waals surface area contributed by atoms with E-state index >= 15 is 0 Å². The van der Waals surface area contributed by atoms with Crippen molar-refractivity contribution in [3.8, 4) is 0 Å². The topological polar surface area (TPSA) is 90.4 Å². The quantitative estimate of drug-likeness (QED) is 0.424. The zero-order valence-corrected chi connectivity index (χ0v) is 24.7. The number of rotatable bonds is 6. The second kappa shape index (κ2) is 11.4. The van der Waals surface area contributed by atoms with E-state index in [4.69, 9.17) is 16.3 Å². The van der Waals surface area contributed by atoms with Crippen molar-refractivity contribution >= 4 is 35.0 Å². The van der Waals surface area contributed by atoms with Gasteiger partial charge in [-0.15, -0.1) is 0 Å². The number of ether oxygens (including phenoxy) is 1. The lowest BCUT2D eigenvalue weighted by Gasteiger charge is -2.38. The van der Waals surface area contributed by atoms with Crippen LogP contribution in [0, 0.1) is 11.8 Å². The molecule has 2 fully saturated rings. The van der Waals surface area contributed by atoms with E-state index in [-0.39, 0.29) is 18.4 Å². The van der Waals surface area contributed by atoms with Crippen LogP contribution < -0.4 is 4.90 Å². The van der Waals surface area contributed by atoms with E-state index in [2.05, 4.69) is 0 Å². The summed E-state index contributed by atoms with van der Waals surface area (Å²) in [4.78, 5) is 48.6. The molecule has 0 radical (unpaired) electrons. The largest absolute Gasteiger partial charge is 0.394 e. The molecular weight excluding hydrogens is 578 g/mol. The van der Waals surface area contributed by atoms with E-state index in [0.717, 1.165) is 5.56 Å². The summed E-state index contributed by atoms with van der Waals surface area (Å²) in [5, 5.41) is 11.1. The Morgan fingerprint density at radius 3 is 2.30 bits per heavy atom. The number of para-hydroxylation sites is 1. The highest BCUT2D eigenvalue weighted by Crippen LogP contribution is 2.55. The fourth-order valence-electron chi connectivity index (χ4n) is 7.33. The van der Waals surface area contributed by atoms with Gasteiger partial charge in [0, 0.05) is 19.6 Å². The first-order valence-electron chi connectivity index (χ1n) is 14.8. The van der Waals surface area contributed by atoms with Crippen LogP contribution in [-0.2, 0) is 25.7 Å². The van der Waals surface area contributed by atoms with Gasteiger partial charge >= 0.3 is 0 Å². The Bertz CT molecular complexity index is 1650. The van der Waals surface area contributed by atoms with Crippen LogP contribution in [0.5, 0.6) is 0 Å². The summed E-state index contributed by atoms with van der Waals surface area (Å²) < 4.78 is 6.78. The lowest BCUT2D eigenvalue weighted by Crippen LogP contribution is -2.56. The van der Waals surface area contributed by atoms with Crippen LogP contribution >= 0.6 is 11.6 Å². The number of likely N-dealkylation sites (tertiary alicyclic amines) is 1. The molecule has 0 bridgehead atoms. The average Bonchev–Trinajstić information content (AvgIpc) is 3.36. The van der Waals surface area contributed by atoms with Crippen molar-refractivity contribution < 1.29 is 24.2 Å². The van der Waals surface area contributed by atoms with Gasteiger partial charge in [0.25, 0.3) is 5.91 Å². The Morgan fingerprint density at radius 2 is 1.57 bits per heavy atom. The minimum absolute atomic E-state index is 0.201. The summed E-state index contributed by atoms with van der Waals surface area (Å²) in [6.45, 7) is 0.545. The monoisotopic (exact) mass is 609 g/mol. The number of hydrogen-bond acceptors (Lipinski definition) is 5. The number of carbonyl (C=O) groups excluding carboxylic acids is 3. The molecule has 7 rings (SSSR count). The van der Waals surface area contributed by atoms with Crippen molar-refractivity contribution in [3.63, 3.8) is 0 Å². The van der Waals surface area contributed by atoms with Gasteiger partial charge in [-0.2, -0.15) is 0 Å². The highest BCUT2D eigenvalue weighted by molar-refractivity contribution is 6.34. The van der Waals surface area contributed by atoms with Gasteiger partial charge < -0.3 is 24.5 Å². The Balaban J connectivity index is 1.35. The fraction of sp³-hybridized carbons (Fsp3) is 0.286. The molecule has 3 amide bonds. The smallest absolute Gasteiger partial charge is 0.253 e. The van der Waals surface area contributed by atoms with Gasteiger partial charge in [0.05, 0.1) is 41.3 Å². The Kier molecular flexibility index (Phi) is 7.36. The van der Waals surface area contributed by atoms with Crippen LogP contribution in [-0.4, -0.2) is 70.1 Å². The molecule has 1 N–H and O–H groups in total. The summed E-state index contributed by atoms with van der Waals surface area (Å²) >= 11 is 6.57. The standard InChI is InChI=1S/C35H32ClN3O5/c36-25-15-7-8-16-26(25)38-20-10-18-35-30(33(42)39(31(35)34(38)43)27(22-40)24-13-5-2-6-14-24)29-28(44-35)17-9-19-37(32(29)41)21-23-11-3-1-4-12-23/h1-18,27-31,40H,19-22H2/t27-,28+,29-,30+,31?,35+/m1/s1. The van der Waals surface area contributed by atoms with Crippen LogP contribution in [0.2, 0.25) is 5.02 Å². The third-order valence-corrected chi connectivity index (χ3v) is 9.55. The van der Waals surface area contributed by atoms with Crippen LogP contribution in [0.3, 0.4) is 0 Å². The molecular formula is C35H32ClN3O5. The summed E-state index contributed by atoms with van der Waals surface area (Å²) in [5.74, 6) is -2.81. The second-order valence-electron chi connectivity index (χ2n) is 11.6. The van der Waals surface area contributed by atoms with Gasteiger partial charge in [-0.05, 0) is 23.3 Å². The fourth-order valence-corrected chi connectivity index (χ4v) is 7.56. The molecule has 0 saturated carbocycles. The number of carbonyl (C=O) groups is 3. The van der Waals surface area contributed by atoms with Gasteiger partial charge in [-0.1, -0.05) is 109 Å². The maximum absolute atomic E-state index is 14.8. The molecule has 44 heavy (non-hydrogen) atoms. The zero-order valence-electron chi connectivity index (χ0n) is 23.9. The van der Waals surface area contributed by atoms with Crippen molar-refractivity contribution in [1.29, 1.82) is 0 Å². The third kappa shape index (κ3) is 4.48. The van der Waals surface area contributed by atoms with Gasteiger partial charge in [-0.25, -0.2) is 0 Å². The second-order valence-corrected chi connectivity index (χ2v) is 12.0. The van der Waals surface area contributed by atoms with Crippen molar-refractivity contribution in [1.82, 2.24) is 9.80 Å². The van der Waals surface area contributed by atoms with Gasteiger partial charge in [0.15, 0.2) is 0 Å². The highest BCUT2D eigenvalue weighted by atomic mass is 35.5. The number of hydrogen-bond donors (Lipinski definition) is 1. The number of halogens is 1. The van der Waals surface area contributed by atoms with Crippen molar-refractivity contribution in [2.45, 2.75) is 30.3 Å². The van der Waals surface area contributed by atoms with E-state index in [1.807, 2.05) is 78.9 Å². The van der Waals surface area contributed by atoms with Gasteiger partial charge in [-0.3, -0.25) is 14.4 Å². The van der Waals surface area contributed by atoms with Gasteiger partial charge in [0.2, 0.25) is 11.8 Å². The van der Waals surface area contributed by atoms with Crippen molar-refractivity contribution in [2.24, 2.45) is 11.8 Å². The number of amides is 3.